The zero-order valence-corrected chi connectivity index (χ0v) is 9.22. The highest BCUT2D eigenvalue weighted by molar-refractivity contribution is 7.80. The van der Waals surface area contributed by atoms with Crippen LogP contribution in [0.4, 0.5) is 0 Å². The summed E-state index contributed by atoms with van der Waals surface area (Å²) in [6, 6.07) is 7.88. The number of hydrogen-bond donors (Lipinski definition) is 2. The summed E-state index contributed by atoms with van der Waals surface area (Å²) < 4.78 is 5.68. The number of ether oxygens (including phenoxy) is 1. The molecule has 1 aromatic rings. The normalized spacial score (nSPS) is 21.2. The van der Waals surface area contributed by atoms with E-state index in [1.54, 1.807) is 0 Å². The van der Waals surface area contributed by atoms with Crippen molar-refractivity contribution in [3.8, 4) is 0 Å². The minimum atomic E-state index is 0.0662. The van der Waals surface area contributed by atoms with E-state index in [2.05, 4.69) is 5.32 Å². The van der Waals surface area contributed by atoms with Crippen LogP contribution in [-0.2, 0) is 4.74 Å². The number of thiocarbonyl (C=S) groups is 1. The molecule has 1 heterocycles. The Morgan fingerprint density at radius 3 is 2.93 bits per heavy atom. The first-order valence-corrected chi connectivity index (χ1v) is 5.41. The Hall–Kier alpha value is -0.970. The number of benzene rings is 1. The second-order valence-electron chi connectivity index (χ2n) is 3.52. The standard InChI is InChI=1S/C11H14N2OS/c12-11(15)9-4-2-1-3-8(9)10-7-13-5-6-14-10/h1-4,10,13H,5-7H2,(H2,12,15). The predicted octanol–water partition coefficient (Wildman–Crippen LogP) is 0.982. The molecule has 1 saturated heterocycles. The Kier molecular flexibility index (Phi) is 3.30. The van der Waals surface area contributed by atoms with Gasteiger partial charge in [-0.05, 0) is 5.56 Å². The third-order valence-corrected chi connectivity index (χ3v) is 2.72. The fourth-order valence-corrected chi connectivity index (χ4v) is 1.95. The van der Waals surface area contributed by atoms with Crippen LogP contribution in [0.15, 0.2) is 24.3 Å². The van der Waals surface area contributed by atoms with Crippen LogP contribution in [0, 0.1) is 0 Å². The first kappa shape index (κ1) is 10.5. The molecule has 15 heavy (non-hydrogen) atoms. The summed E-state index contributed by atoms with van der Waals surface area (Å²) in [7, 11) is 0. The molecular formula is C11H14N2OS. The average molecular weight is 222 g/mol. The van der Waals surface area contributed by atoms with Gasteiger partial charge in [-0.25, -0.2) is 0 Å². The molecule has 0 bridgehead atoms. The van der Waals surface area contributed by atoms with Gasteiger partial charge in [-0.15, -0.1) is 0 Å². The lowest BCUT2D eigenvalue weighted by Crippen LogP contribution is -2.34. The largest absolute Gasteiger partial charge is 0.389 e. The Bertz CT molecular complexity index is 361. The molecule has 4 heteroatoms. The summed E-state index contributed by atoms with van der Waals surface area (Å²) in [6.45, 7) is 2.46. The molecule has 2 rings (SSSR count). The van der Waals surface area contributed by atoms with Crippen molar-refractivity contribution in [2.45, 2.75) is 6.10 Å². The molecular weight excluding hydrogens is 208 g/mol. The van der Waals surface area contributed by atoms with Crippen molar-refractivity contribution < 1.29 is 4.74 Å². The molecule has 1 aromatic carbocycles. The predicted molar refractivity (Wildman–Crippen MR) is 63.9 cm³/mol. The molecule has 0 spiro atoms. The van der Waals surface area contributed by atoms with Crippen LogP contribution in [0.25, 0.3) is 0 Å². The van der Waals surface area contributed by atoms with Crippen molar-refractivity contribution in [1.29, 1.82) is 0 Å². The van der Waals surface area contributed by atoms with Gasteiger partial charge >= 0.3 is 0 Å². The van der Waals surface area contributed by atoms with E-state index in [1.165, 1.54) is 0 Å². The number of nitrogens with one attached hydrogen (secondary N) is 1. The van der Waals surface area contributed by atoms with E-state index in [9.17, 15) is 0 Å². The van der Waals surface area contributed by atoms with Crippen LogP contribution in [-0.4, -0.2) is 24.7 Å². The lowest BCUT2D eigenvalue weighted by molar-refractivity contribution is 0.0276. The van der Waals surface area contributed by atoms with Crippen LogP contribution in [0.2, 0.25) is 0 Å². The van der Waals surface area contributed by atoms with Crippen LogP contribution in [0.1, 0.15) is 17.2 Å². The van der Waals surface area contributed by atoms with Gasteiger partial charge in [0.15, 0.2) is 0 Å². The first-order chi connectivity index (χ1) is 7.29. The summed E-state index contributed by atoms with van der Waals surface area (Å²) >= 11 is 5.02. The van der Waals surface area contributed by atoms with Gasteiger partial charge in [-0.2, -0.15) is 0 Å². The summed E-state index contributed by atoms with van der Waals surface area (Å²) in [4.78, 5) is 0.430. The van der Waals surface area contributed by atoms with Gasteiger partial charge in [-0.1, -0.05) is 36.5 Å². The quantitative estimate of drug-likeness (QED) is 0.732. The highest BCUT2D eigenvalue weighted by atomic mass is 32.1. The van der Waals surface area contributed by atoms with Gasteiger partial charge in [0.25, 0.3) is 0 Å². The number of nitrogens with two attached hydrogens (primary N) is 1. The van der Waals surface area contributed by atoms with E-state index in [-0.39, 0.29) is 6.10 Å². The maximum absolute atomic E-state index is 5.68. The maximum Gasteiger partial charge on any atom is 0.104 e. The molecule has 1 aliphatic heterocycles. The van der Waals surface area contributed by atoms with Crippen molar-refractivity contribution in [3.63, 3.8) is 0 Å². The number of morpholine rings is 1. The molecule has 1 fully saturated rings. The first-order valence-electron chi connectivity index (χ1n) is 5.00. The van der Waals surface area contributed by atoms with Crippen molar-refractivity contribution in [1.82, 2.24) is 5.32 Å². The fourth-order valence-electron chi connectivity index (χ4n) is 1.77. The highest BCUT2D eigenvalue weighted by Gasteiger charge is 2.18. The van der Waals surface area contributed by atoms with Crippen LogP contribution in [0.3, 0.4) is 0 Å². The summed E-state index contributed by atoms with van der Waals surface area (Å²) in [5.41, 5.74) is 7.68. The van der Waals surface area contributed by atoms with Crippen LogP contribution in [0.5, 0.6) is 0 Å². The van der Waals surface area contributed by atoms with E-state index in [4.69, 9.17) is 22.7 Å². The van der Waals surface area contributed by atoms with E-state index < -0.39 is 0 Å². The summed E-state index contributed by atoms with van der Waals surface area (Å²) in [5.74, 6) is 0. The van der Waals surface area contributed by atoms with Gasteiger partial charge in [0.05, 0.1) is 12.7 Å². The lowest BCUT2D eigenvalue weighted by Gasteiger charge is -2.25. The minimum absolute atomic E-state index is 0.0662. The van der Waals surface area contributed by atoms with Gasteiger partial charge < -0.3 is 15.8 Å². The van der Waals surface area contributed by atoms with Gasteiger partial charge in [0.1, 0.15) is 4.99 Å². The SMILES string of the molecule is NC(=S)c1ccccc1C1CNCCO1. The van der Waals surface area contributed by atoms with Crippen molar-refractivity contribution >= 4 is 17.2 Å². The molecule has 80 valence electrons. The van der Waals surface area contributed by atoms with Crippen molar-refractivity contribution in [2.24, 2.45) is 5.73 Å². The molecule has 1 unspecified atom stereocenters. The van der Waals surface area contributed by atoms with E-state index in [0.717, 1.165) is 30.8 Å². The molecule has 0 amide bonds. The molecule has 0 aliphatic carbocycles. The van der Waals surface area contributed by atoms with Gasteiger partial charge in [-0.3, -0.25) is 0 Å². The molecule has 0 saturated carbocycles. The van der Waals surface area contributed by atoms with Crippen molar-refractivity contribution in [2.75, 3.05) is 19.7 Å². The molecule has 1 aliphatic rings. The maximum atomic E-state index is 5.68. The monoisotopic (exact) mass is 222 g/mol. The second-order valence-corrected chi connectivity index (χ2v) is 3.95. The zero-order chi connectivity index (χ0) is 10.7. The molecule has 0 radical (unpaired) electrons. The van der Waals surface area contributed by atoms with Crippen LogP contribution < -0.4 is 11.1 Å². The van der Waals surface area contributed by atoms with E-state index >= 15 is 0 Å². The Balaban J connectivity index is 2.29. The Morgan fingerprint density at radius 1 is 1.47 bits per heavy atom. The zero-order valence-electron chi connectivity index (χ0n) is 8.40. The third-order valence-electron chi connectivity index (χ3n) is 2.50. The molecule has 3 nitrogen and oxygen atoms in total. The van der Waals surface area contributed by atoms with E-state index in [1.807, 2.05) is 24.3 Å². The number of hydrogen-bond acceptors (Lipinski definition) is 3. The second kappa shape index (κ2) is 4.70. The van der Waals surface area contributed by atoms with E-state index in [0.29, 0.717) is 4.99 Å². The Labute approximate surface area is 94.6 Å². The van der Waals surface area contributed by atoms with Gasteiger partial charge in [0, 0.05) is 18.7 Å². The Morgan fingerprint density at radius 2 is 2.27 bits per heavy atom. The smallest absolute Gasteiger partial charge is 0.104 e. The third kappa shape index (κ3) is 2.34. The molecule has 1 atom stereocenters. The fraction of sp³-hybridized carbons (Fsp3) is 0.364. The number of rotatable bonds is 2. The summed E-state index contributed by atoms with van der Waals surface area (Å²) in [5, 5.41) is 3.29. The average Bonchev–Trinajstić information content (AvgIpc) is 2.30. The molecule has 0 aromatic heterocycles. The lowest BCUT2D eigenvalue weighted by atomic mass is 10.0. The summed E-state index contributed by atoms with van der Waals surface area (Å²) in [6.07, 6.45) is 0.0662. The molecule has 3 N–H and O–H groups in total. The van der Waals surface area contributed by atoms with Gasteiger partial charge in [0.2, 0.25) is 0 Å². The minimum Gasteiger partial charge on any atom is -0.389 e. The van der Waals surface area contributed by atoms with Crippen molar-refractivity contribution in [3.05, 3.63) is 35.4 Å². The highest BCUT2D eigenvalue weighted by Crippen LogP contribution is 2.22. The van der Waals surface area contributed by atoms with Crippen LogP contribution >= 0.6 is 12.2 Å². The topological polar surface area (TPSA) is 47.3 Å².